The highest BCUT2D eigenvalue weighted by Crippen LogP contribution is 2.54. The first-order valence-electron chi connectivity index (χ1n) is 14.8. The van der Waals surface area contributed by atoms with E-state index in [1.165, 1.54) is 71.9 Å². The zero-order chi connectivity index (χ0) is 27.5. The average Bonchev–Trinajstić information content (AvgIpc) is 3.51. The summed E-state index contributed by atoms with van der Waals surface area (Å²) in [6.45, 7) is 6.87. The number of nitrogens with one attached hydrogen (secondary N) is 1. The van der Waals surface area contributed by atoms with Gasteiger partial charge in [0.2, 0.25) is 5.88 Å². The largest absolute Gasteiger partial charge is 0.439 e. The summed E-state index contributed by atoms with van der Waals surface area (Å²) in [6, 6.07) is 30.4. The van der Waals surface area contributed by atoms with Crippen LogP contribution >= 0.6 is 0 Å². The van der Waals surface area contributed by atoms with E-state index >= 15 is 0 Å². The van der Waals surface area contributed by atoms with Crippen molar-refractivity contribution in [3.63, 3.8) is 0 Å². The van der Waals surface area contributed by atoms with Crippen LogP contribution in [0.1, 0.15) is 76.0 Å². The van der Waals surface area contributed by atoms with Gasteiger partial charge in [-0.15, -0.1) is 0 Å². The number of nitrogens with zero attached hydrogens (tertiary/aromatic N) is 2. The predicted molar refractivity (Wildman–Crippen MR) is 166 cm³/mol. The molecule has 1 aliphatic heterocycles. The van der Waals surface area contributed by atoms with Crippen LogP contribution in [0.3, 0.4) is 0 Å². The number of hydrazine groups is 1. The quantitative estimate of drug-likeness (QED) is 0.222. The Labute approximate surface area is 238 Å². The monoisotopic (exact) mass is 529 g/mol. The van der Waals surface area contributed by atoms with Crippen molar-refractivity contribution >= 4 is 11.3 Å². The Morgan fingerprint density at radius 1 is 0.825 bits per heavy atom. The number of benzene rings is 3. The summed E-state index contributed by atoms with van der Waals surface area (Å²) < 4.78 is 6.00. The van der Waals surface area contributed by atoms with Gasteiger partial charge in [0.1, 0.15) is 5.75 Å². The maximum absolute atomic E-state index is 6.00. The second-order valence-corrected chi connectivity index (χ2v) is 11.2. The molecular formula is C36H39N3O. The Kier molecular flexibility index (Phi) is 7.44. The maximum atomic E-state index is 6.00. The highest BCUT2D eigenvalue weighted by atomic mass is 16.5. The number of hydrogen-bond acceptors (Lipinski definition) is 4. The second kappa shape index (κ2) is 11.3. The summed E-state index contributed by atoms with van der Waals surface area (Å²) in [5.41, 5.74) is 13.3. The van der Waals surface area contributed by atoms with Crippen LogP contribution < -0.4 is 15.2 Å². The van der Waals surface area contributed by atoms with Gasteiger partial charge < -0.3 is 4.74 Å². The predicted octanol–water partition coefficient (Wildman–Crippen LogP) is 9.28. The first-order valence-corrected chi connectivity index (χ1v) is 14.8. The number of hydrogen-bond donors (Lipinski definition) is 1. The molecule has 0 radical (unpaired) electrons. The lowest BCUT2D eigenvalue weighted by Crippen LogP contribution is -2.34. The van der Waals surface area contributed by atoms with Crippen LogP contribution in [0.5, 0.6) is 11.6 Å². The number of unbranched alkanes of at least 4 members (excludes halogenated alkanes) is 2. The van der Waals surface area contributed by atoms with Crippen molar-refractivity contribution in [2.75, 3.05) is 5.01 Å². The minimum Gasteiger partial charge on any atom is -0.439 e. The average molecular weight is 530 g/mol. The first kappa shape index (κ1) is 26.3. The van der Waals surface area contributed by atoms with Gasteiger partial charge in [0.05, 0.1) is 11.7 Å². The Morgan fingerprint density at radius 3 is 2.38 bits per heavy atom. The SMILES string of the molecule is CCCCC1(CCCC)c2ccccc2-c2ccc(C3=CN(c4cccc(Oc5ccccn5)c4)NC3C)cc21. The van der Waals surface area contributed by atoms with Crippen molar-refractivity contribution in [2.24, 2.45) is 0 Å². The van der Waals surface area contributed by atoms with Gasteiger partial charge >= 0.3 is 0 Å². The van der Waals surface area contributed by atoms with Gasteiger partial charge in [0.25, 0.3) is 0 Å². The van der Waals surface area contributed by atoms with E-state index in [4.69, 9.17) is 4.74 Å². The molecule has 1 aromatic heterocycles. The molecule has 0 bridgehead atoms. The van der Waals surface area contributed by atoms with E-state index in [-0.39, 0.29) is 11.5 Å². The van der Waals surface area contributed by atoms with Crippen LogP contribution in [0, 0.1) is 0 Å². The smallest absolute Gasteiger partial charge is 0.219 e. The highest BCUT2D eigenvalue weighted by Gasteiger charge is 2.42. The van der Waals surface area contributed by atoms with E-state index in [1.807, 2.05) is 36.4 Å². The third kappa shape index (κ3) is 4.82. The second-order valence-electron chi connectivity index (χ2n) is 11.2. The summed E-state index contributed by atoms with van der Waals surface area (Å²) in [7, 11) is 0. The van der Waals surface area contributed by atoms with Gasteiger partial charge in [-0.2, -0.15) is 0 Å². The van der Waals surface area contributed by atoms with Gasteiger partial charge in [-0.25, -0.2) is 10.4 Å². The van der Waals surface area contributed by atoms with Crippen LogP contribution in [-0.2, 0) is 5.41 Å². The molecule has 0 spiro atoms. The van der Waals surface area contributed by atoms with Crippen molar-refractivity contribution in [1.82, 2.24) is 10.4 Å². The number of ether oxygens (including phenoxy) is 1. The Balaban J connectivity index is 1.35. The molecule has 204 valence electrons. The number of rotatable bonds is 10. The number of pyridine rings is 1. The van der Waals surface area contributed by atoms with Crippen LogP contribution in [0.4, 0.5) is 5.69 Å². The fourth-order valence-corrected chi connectivity index (χ4v) is 6.52. The van der Waals surface area contributed by atoms with Crippen molar-refractivity contribution in [1.29, 1.82) is 0 Å². The van der Waals surface area contributed by atoms with Gasteiger partial charge in [-0.3, -0.25) is 5.01 Å². The molecular weight excluding hydrogens is 490 g/mol. The van der Waals surface area contributed by atoms with E-state index in [2.05, 4.69) is 90.9 Å². The molecule has 2 heterocycles. The van der Waals surface area contributed by atoms with Crippen molar-refractivity contribution < 1.29 is 4.74 Å². The molecule has 1 N–H and O–H groups in total. The minimum atomic E-state index is 0.0978. The number of anilines is 1. The van der Waals surface area contributed by atoms with Crippen molar-refractivity contribution in [2.45, 2.75) is 70.8 Å². The molecule has 0 fully saturated rings. The molecule has 4 heteroatoms. The summed E-state index contributed by atoms with van der Waals surface area (Å²) in [6.07, 6.45) is 11.3. The van der Waals surface area contributed by atoms with Crippen molar-refractivity contribution in [3.8, 4) is 22.8 Å². The molecule has 4 nitrogen and oxygen atoms in total. The Bertz CT molecular complexity index is 1500. The van der Waals surface area contributed by atoms with Gasteiger partial charge in [0, 0.05) is 29.9 Å². The van der Waals surface area contributed by atoms with Crippen LogP contribution in [-0.4, -0.2) is 11.0 Å². The minimum absolute atomic E-state index is 0.0978. The maximum Gasteiger partial charge on any atom is 0.219 e. The van der Waals surface area contributed by atoms with Gasteiger partial charge in [-0.05, 0) is 77.4 Å². The first-order chi connectivity index (χ1) is 19.6. The van der Waals surface area contributed by atoms with Crippen LogP contribution in [0.25, 0.3) is 16.7 Å². The van der Waals surface area contributed by atoms with E-state index < -0.39 is 0 Å². The summed E-state index contributed by atoms with van der Waals surface area (Å²) in [5, 5.41) is 2.12. The lowest BCUT2D eigenvalue weighted by atomic mass is 9.70. The summed E-state index contributed by atoms with van der Waals surface area (Å²) in [5.74, 6) is 1.35. The van der Waals surface area contributed by atoms with E-state index in [1.54, 1.807) is 6.20 Å². The van der Waals surface area contributed by atoms with Crippen molar-refractivity contribution in [3.05, 3.63) is 114 Å². The van der Waals surface area contributed by atoms with Crippen LogP contribution in [0.15, 0.2) is 97.3 Å². The molecule has 0 amide bonds. The molecule has 2 aliphatic rings. The normalized spacial score (nSPS) is 16.9. The van der Waals surface area contributed by atoms with E-state index in [9.17, 15) is 0 Å². The molecule has 1 aliphatic carbocycles. The number of aromatic nitrogens is 1. The Hall–Kier alpha value is -3.89. The Morgan fingerprint density at radius 2 is 1.60 bits per heavy atom. The fraction of sp³-hybridized carbons (Fsp3) is 0.306. The molecule has 6 rings (SSSR count). The summed E-state index contributed by atoms with van der Waals surface area (Å²) >= 11 is 0. The zero-order valence-electron chi connectivity index (χ0n) is 23.9. The third-order valence-electron chi connectivity index (χ3n) is 8.54. The lowest BCUT2D eigenvalue weighted by Gasteiger charge is -2.33. The molecule has 3 aromatic carbocycles. The molecule has 1 unspecified atom stereocenters. The highest BCUT2D eigenvalue weighted by molar-refractivity contribution is 5.85. The van der Waals surface area contributed by atoms with Gasteiger partial charge in [-0.1, -0.05) is 88.1 Å². The molecule has 1 atom stereocenters. The summed E-state index contributed by atoms with van der Waals surface area (Å²) in [4.78, 5) is 4.29. The topological polar surface area (TPSA) is 37.4 Å². The fourth-order valence-electron chi connectivity index (χ4n) is 6.52. The lowest BCUT2D eigenvalue weighted by molar-refractivity contribution is 0.414. The molecule has 40 heavy (non-hydrogen) atoms. The van der Waals surface area contributed by atoms with E-state index in [0.717, 1.165) is 11.4 Å². The van der Waals surface area contributed by atoms with Crippen LogP contribution in [0.2, 0.25) is 0 Å². The zero-order valence-corrected chi connectivity index (χ0v) is 23.9. The van der Waals surface area contributed by atoms with E-state index in [0.29, 0.717) is 5.88 Å². The van der Waals surface area contributed by atoms with Gasteiger partial charge in [0.15, 0.2) is 0 Å². The standard InChI is InChI=1S/C36H39N3O/c1-4-6-20-36(21-7-5-2)33-16-9-8-15-30(33)31-19-18-27(23-34(31)36)32-25-39(38-26(32)3)28-13-12-14-29(24-28)40-35-17-10-11-22-37-35/h8-19,22-26,38H,4-7,20-21H2,1-3H3. The number of fused-ring (bicyclic) bond motifs is 3. The molecule has 0 saturated carbocycles. The third-order valence-corrected chi connectivity index (χ3v) is 8.54. The molecule has 4 aromatic rings. The molecule has 0 saturated heterocycles.